The third-order valence-corrected chi connectivity index (χ3v) is 3.78. The van der Waals surface area contributed by atoms with Crippen molar-refractivity contribution in [2.24, 2.45) is 0 Å². The fraction of sp³-hybridized carbons (Fsp3) is 0.118. The van der Waals surface area contributed by atoms with Crippen LogP contribution in [0, 0.1) is 0 Å². The first-order valence-corrected chi connectivity index (χ1v) is 8.12. The summed E-state index contributed by atoms with van der Waals surface area (Å²) in [7, 11) is 0. The molecule has 0 saturated carbocycles. The van der Waals surface area contributed by atoms with Gasteiger partial charge in [-0.3, -0.25) is 5.10 Å². The minimum Gasteiger partial charge on any atom is -0.445 e. The molecule has 0 saturated heterocycles. The van der Waals surface area contributed by atoms with E-state index >= 15 is 0 Å². The van der Waals surface area contributed by atoms with Gasteiger partial charge in [-0.2, -0.15) is 5.10 Å². The third kappa shape index (κ3) is 4.42. The second-order valence-corrected chi connectivity index (χ2v) is 5.94. The van der Waals surface area contributed by atoms with Crippen LogP contribution in [0.25, 0.3) is 11.4 Å². The van der Waals surface area contributed by atoms with Gasteiger partial charge in [0, 0.05) is 10.0 Å². The molecule has 1 heterocycles. The Morgan fingerprint density at radius 3 is 2.62 bits per heavy atom. The summed E-state index contributed by atoms with van der Waals surface area (Å²) in [4.78, 5) is 16.1. The lowest BCUT2D eigenvalue weighted by atomic mass is 10.2. The Balaban J connectivity index is 1.50. The van der Waals surface area contributed by atoms with Gasteiger partial charge in [0.25, 0.3) is 0 Å². The van der Waals surface area contributed by atoms with E-state index in [0.29, 0.717) is 11.6 Å². The number of nitrogens with zero attached hydrogens (tertiary/aromatic N) is 2. The minimum atomic E-state index is -0.500. The predicted octanol–water partition coefficient (Wildman–Crippen LogP) is 3.66. The van der Waals surface area contributed by atoms with E-state index < -0.39 is 6.09 Å². The molecule has 0 unspecified atom stereocenters. The van der Waals surface area contributed by atoms with Crippen molar-refractivity contribution in [3.63, 3.8) is 0 Å². The zero-order valence-electron chi connectivity index (χ0n) is 12.7. The van der Waals surface area contributed by atoms with Gasteiger partial charge in [-0.05, 0) is 17.7 Å². The van der Waals surface area contributed by atoms with Gasteiger partial charge in [0.2, 0.25) is 0 Å². The standard InChI is InChI=1S/C17H15BrN4O2/c18-14-8-6-13(7-9-14)16-20-15(21-22-16)10-19-17(23)24-11-12-4-2-1-3-5-12/h1-9H,10-11H2,(H,19,23)(H,20,21,22). The van der Waals surface area contributed by atoms with Crippen molar-refractivity contribution in [3.05, 3.63) is 70.5 Å². The number of hydrogen-bond donors (Lipinski definition) is 2. The highest BCUT2D eigenvalue weighted by atomic mass is 79.9. The summed E-state index contributed by atoms with van der Waals surface area (Å²) in [5.74, 6) is 1.14. The molecule has 0 spiro atoms. The third-order valence-electron chi connectivity index (χ3n) is 3.25. The van der Waals surface area contributed by atoms with Gasteiger partial charge in [-0.1, -0.05) is 58.4 Å². The maximum Gasteiger partial charge on any atom is 0.407 e. The number of aromatic nitrogens is 3. The predicted molar refractivity (Wildman–Crippen MR) is 93.0 cm³/mol. The average Bonchev–Trinajstić information content (AvgIpc) is 3.09. The number of alkyl carbamates (subject to hydrolysis) is 1. The molecule has 1 aromatic heterocycles. The lowest BCUT2D eigenvalue weighted by Crippen LogP contribution is -2.24. The summed E-state index contributed by atoms with van der Waals surface area (Å²) in [6, 6.07) is 17.2. The molecule has 6 nitrogen and oxygen atoms in total. The number of aromatic amines is 1. The highest BCUT2D eigenvalue weighted by molar-refractivity contribution is 9.10. The van der Waals surface area contributed by atoms with Crippen molar-refractivity contribution in [1.82, 2.24) is 20.5 Å². The number of rotatable bonds is 5. The van der Waals surface area contributed by atoms with E-state index in [9.17, 15) is 4.79 Å². The number of hydrogen-bond acceptors (Lipinski definition) is 4. The minimum absolute atomic E-state index is 0.219. The Morgan fingerprint density at radius 1 is 1.12 bits per heavy atom. The number of ether oxygens (including phenoxy) is 1. The normalized spacial score (nSPS) is 10.4. The molecule has 3 aromatic rings. The molecule has 2 aromatic carbocycles. The van der Waals surface area contributed by atoms with Crippen LogP contribution in [0.1, 0.15) is 11.4 Å². The van der Waals surface area contributed by atoms with Crippen LogP contribution in [-0.2, 0) is 17.9 Å². The van der Waals surface area contributed by atoms with Crippen LogP contribution in [-0.4, -0.2) is 21.3 Å². The largest absolute Gasteiger partial charge is 0.445 e. The first kappa shape index (κ1) is 16.2. The van der Waals surface area contributed by atoms with Crippen LogP contribution in [0.15, 0.2) is 59.1 Å². The first-order chi connectivity index (χ1) is 11.7. The molecular weight excluding hydrogens is 372 g/mol. The summed E-state index contributed by atoms with van der Waals surface area (Å²) in [6.07, 6.45) is -0.500. The Morgan fingerprint density at radius 2 is 1.88 bits per heavy atom. The van der Waals surface area contributed by atoms with E-state index in [2.05, 4.69) is 36.4 Å². The van der Waals surface area contributed by atoms with Crippen molar-refractivity contribution in [1.29, 1.82) is 0 Å². The van der Waals surface area contributed by atoms with Gasteiger partial charge in [0.05, 0.1) is 6.54 Å². The molecular formula is C17H15BrN4O2. The van der Waals surface area contributed by atoms with Crippen LogP contribution in [0.4, 0.5) is 4.79 Å². The van der Waals surface area contributed by atoms with E-state index in [1.54, 1.807) is 0 Å². The number of carbonyl (C=O) groups is 1. The summed E-state index contributed by atoms with van der Waals surface area (Å²) < 4.78 is 6.13. The van der Waals surface area contributed by atoms with Crippen LogP contribution in [0.5, 0.6) is 0 Å². The second-order valence-electron chi connectivity index (χ2n) is 5.03. The number of H-pyrrole nitrogens is 1. The zero-order chi connectivity index (χ0) is 16.8. The lowest BCUT2D eigenvalue weighted by molar-refractivity contribution is 0.139. The molecule has 0 bridgehead atoms. The van der Waals surface area contributed by atoms with Crippen LogP contribution >= 0.6 is 15.9 Å². The summed E-state index contributed by atoms with van der Waals surface area (Å²) in [6.45, 7) is 0.449. The molecule has 3 rings (SSSR count). The zero-order valence-corrected chi connectivity index (χ0v) is 14.3. The van der Waals surface area contributed by atoms with Gasteiger partial charge in [0.1, 0.15) is 12.4 Å². The van der Waals surface area contributed by atoms with Crippen molar-refractivity contribution in [2.45, 2.75) is 13.2 Å². The summed E-state index contributed by atoms with van der Waals surface area (Å²) in [5, 5.41) is 9.59. The van der Waals surface area contributed by atoms with E-state index in [0.717, 1.165) is 15.6 Å². The molecule has 0 aliphatic rings. The quantitative estimate of drug-likeness (QED) is 0.700. The monoisotopic (exact) mass is 386 g/mol. The van der Waals surface area contributed by atoms with Crippen molar-refractivity contribution in [3.8, 4) is 11.4 Å². The molecule has 1 amide bonds. The fourth-order valence-electron chi connectivity index (χ4n) is 2.03. The maximum atomic E-state index is 11.7. The maximum absolute atomic E-state index is 11.7. The van der Waals surface area contributed by atoms with Crippen molar-refractivity contribution >= 4 is 22.0 Å². The first-order valence-electron chi connectivity index (χ1n) is 7.32. The molecule has 0 radical (unpaired) electrons. The Labute approximate surface area is 147 Å². The number of nitrogens with one attached hydrogen (secondary N) is 2. The van der Waals surface area contributed by atoms with E-state index in [1.165, 1.54) is 0 Å². The summed E-state index contributed by atoms with van der Waals surface area (Å²) in [5.41, 5.74) is 1.83. The van der Waals surface area contributed by atoms with Gasteiger partial charge in [-0.15, -0.1) is 0 Å². The molecule has 0 aliphatic carbocycles. The Bertz CT molecular complexity index is 803. The smallest absolute Gasteiger partial charge is 0.407 e. The van der Waals surface area contributed by atoms with Crippen LogP contribution in [0.2, 0.25) is 0 Å². The topological polar surface area (TPSA) is 79.9 Å². The molecule has 0 aliphatic heterocycles. The number of amides is 1. The molecule has 24 heavy (non-hydrogen) atoms. The molecule has 7 heteroatoms. The summed E-state index contributed by atoms with van der Waals surface area (Å²) >= 11 is 3.39. The molecule has 2 N–H and O–H groups in total. The van der Waals surface area contributed by atoms with Gasteiger partial charge < -0.3 is 10.1 Å². The van der Waals surface area contributed by atoms with E-state index in [1.807, 2.05) is 54.6 Å². The Hall–Kier alpha value is -2.67. The SMILES string of the molecule is O=C(NCc1nc(-c2ccc(Br)cc2)n[nH]1)OCc1ccccc1. The van der Waals surface area contributed by atoms with Crippen LogP contribution in [0.3, 0.4) is 0 Å². The van der Waals surface area contributed by atoms with E-state index in [-0.39, 0.29) is 13.2 Å². The van der Waals surface area contributed by atoms with E-state index in [4.69, 9.17) is 4.74 Å². The number of halogens is 1. The van der Waals surface area contributed by atoms with Gasteiger partial charge >= 0.3 is 6.09 Å². The Kier molecular flexibility index (Phi) is 5.22. The number of benzene rings is 2. The number of carbonyl (C=O) groups excluding carboxylic acids is 1. The second kappa shape index (κ2) is 7.74. The molecule has 0 atom stereocenters. The average molecular weight is 387 g/mol. The van der Waals surface area contributed by atoms with Gasteiger partial charge in [0.15, 0.2) is 5.82 Å². The van der Waals surface area contributed by atoms with Crippen molar-refractivity contribution < 1.29 is 9.53 Å². The molecule has 122 valence electrons. The van der Waals surface area contributed by atoms with Crippen LogP contribution < -0.4 is 5.32 Å². The lowest BCUT2D eigenvalue weighted by Gasteiger charge is -2.05. The highest BCUT2D eigenvalue weighted by Crippen LogP contribution is 2.18. The molecule has 0 fully saturated rings. The van der Waals surface area contributed by atoms with Gasteiger partial charge in [-0.25, -0.2) is 9.78 Å². The van der Waals surface area contributed by atoms with Crippen molar-refractivity contribution in [2.75, 3.05) is 0 Å². The highest BCUT2D eigenvalue weighted by Gasteiger charge is 2.08. The fourth-order valence-corrected chi connectivity index (χ4v) is 2.30.